The second kappa shape index (κ2) is 6.09. The Balaban J connectivity index is 2.66. The van der Waals surface area contributed by atoms with Crippen molar-refractivity contribution in [2.45, 2.75) is 0 Å². The summed E-state index contributed by atoms with van der Waals surface area (Å²) in [4.78, 5) is 23.6. The first-order valence-corrected chi connectivity index (χ1v) is 6.17. The van der Waals surface area contributed by atoms with Gasteiger partial charge in [-0.05, 0) is 23.3 Å². The lowest BCUT2D eigenvalue weighted by Gasteiger charge is -2.11. The van der Waals surface area contributed by atoms with E-state index >= 15 is 0 Å². The van der Waals surface area contributed by atoms with Crippen molar-refractivity contribution in [1.29, 1.82) is 0 Å². The number of phenolic OH excluding ortho intramolecular Hbond substituents is 1. The fraction of sp³-hybridized carbons (Fsp3) is 0.125. The molecule has 0 saturated heterocycles. The molecule has 0 heterocycles. The lowest BCUT2D eigenvalue weighted by atomic mass is 9.98. The molecule has 0 aliphatic carbocycles. The number of rotatable bonds is 3. The van der Waals surface area contributed by atoms with Crippen LogP contribution in [0.2, 0.25) is 0 Å². The maximum Gasteiger partial charge on any atom is 0.342 e. The van der Waals surface area contributed by atoms with E-state index in [0.29, 0.717) is 5.56 Å². The van der Waals surface area contributed by atoms with Gasteiger partial charge in [-0.3, -0.25) is 0 Å². The third-order valence-corrected chi connectivity index (χ3v) is 3.02. The molecule has 0 atom stereocenters. The van der Waals surface area contributed by atoms with Crippen molar-refractivity contribution in [3.63, 3.8) is 0 Å². The molecule has 1 N–H and O–H groups in total. The van der Waals surface area contributed by atoms with Gasteiger partial charge < -0.3 is 14.6 Å². The van der Waals surface area contributed by atoms with Crippen LogP contribution in [0.25, 0.3) is 11.1 Å². The van der Waals surface area contributed by atoms with E-state index in [1.807, 2.05) is 30.3 Å². The standard InChI is InChI=1S/C16H14O5/c1-20-15(18)12-8-11(10-6-4-3-5-7-10)9-13(17)14(12)16(19)21-2/h3-9,17H,1-2H3. The largest absolute Gasteiger partial charge is 0.507 e. The first-order chi connectivity index (χ1) is 10.1. The predicted octanol–water partition coefficient (Wildman–Crippen LogP) is 2.63. The molecule has 0 aliphatic heterocycles. The van der Waals surface area contributed by atoms with Gasteiger partial charge in [0.1, 0.15) is 11.3 Å². The number of hydrogen-bond donors (Lipinski definition) is 1. The van der Waals surface area contributed by atoms with Crippen molar-refractivity contribution in [3.8, 4) is 16.9 Å². The average molecular weight is 286 g/mol. The quantitative estimate of drug-likeness (QED) is 0.878. The monoisotopic (exact) mass is 286 g/mol. The first-order valence-electron chi connectivity index (χ1n) is 6.17. The van der Waals surface area contributed by atoms with Gasteiger partial charge >= 0.3 is 11.9 Å². The normalized spacial score (nSPS) is 10.0. The minimum atomic E-state index is -0.799. The molecule has 0 aromatic heterocycles. The molecule has 0 saturated carbocycles. The molecule has 21 heavy (non-hydrogen) atoms. The van der Waals surface area contributed by atoms with E-state index in [1.54, 1.807) is 0 Å². The zero-order valence-electron chi connectivity index (χ0n) is 11.6. The summed E-state index contributed by atoms with van der Waals surface area (Å²) in [5.41, 5.74) is 1.16. The van der Waals surface area contributed by atoms with Gasteiger partial charge in [-0.25, -0.2) is 9.59 Å². The van der Waals surface area contributed by atoms with Gasteiger partial charge in [0.05, 0.1) is 19.8 Å². The molecule has 0 spiro atoms. The molecule has 5 heteroatoms. The number of benzene rings is 2. The Morgan fingerprint density at radius 3 is 2.10 bits per heavy atom. The Morgan fingerprint density at radius 2 is 1.52 bits per heavy atom. The fourth-order valence-electron chi connectivity index (χ4n) is 2.01. The van der Waals surface area contributed by atoms with Crippen molar-refractivity contribution in [3.05, 3.63) is 53.6 Å². The molecule has 0 fully saturated rings. The van der Waals surface area contributed by atoms with E-state index in [9.17, 15) is 14.7 Å². The van der Waals surface area contributed by atoms with Crippen LogP contribution in [0.5, 0.6) is 5.75 Å². The maximum absolute atomic E-state index is 11.8. The topological polar surface area (TPSA) is 72.8 Å². The minimum absolute atomic E-state index is 0.0387. The first kappa shape index (κ1) is 14.6. The molecule has 0 amide bonds. The van der Waals surface area contributed by atoms with E-state index in [1.165, 1.54) is 26.4 Å². The number of aromatic hydroxyl groups is 1. The molecular formula is C16H14O5. The molecule has 5 nitrogen and oxygen atoms in total. The van der Waals surface area contributed by atoms with E-state index in [-0.39, 0.29) is 16.9 Å². The van der Waals surface area contributed by atoms with Crippen LogP contribution < -0.4 is 0 Å². The maximum atomic E-state index is 11.8. The summed E-state index contributed by atoms with van der Waals surface area (Å²) in [7, 11) is 2.38. The predicted molar refractivity (Wildman–Crippen MR) is 76.2 cm³/mol. The van der Waals surface area contributed by atoms with E-state index in [4.69, 9.17) is 0 Å². The smallest absolute Gasteiger partial charge is 0.342 e. The average Bonchev–Trinajstić information content (AvgIpc) is 2.53. The SMILES string of the molecule is COC(=O)c1cc(-c2ccccc2)cc(O)c1C(=O)OC. The van der Waals surface area contributed by atoms with E-state index < -0.39 is 11.9 Å². The summed E-state index contributed by atoms with van der Waals surface area (Å²) in [6.07, 6.45) is 0. The zero-order valence-corrected chi connectivity index (χ0v) is 11.6. The Hall–Kier alpha value is -2.82. The van der Waals surface area contributed by atoms with E-state index in [2.05, 4.69) is 9.47 Å². The third-order valence-electron chi connectivity index (χ3n) is 3.02. The minimum Gasteiger partial charge on any atom is -0.507 e. The molecule has 2 rings (SSSR count). The van der Waals surface area contributed by atoms with Gasteiger partial charge in [0.15, 0.2) is 0 Å². The van der Waals surface area contributed by atoms with Crippen molar-refractivity contribution in [1.82, 2.24) is 0 Å². The number of phenols is 1. The van der Waals surface area contributed by atoms with Crippen molar-refractivity contribution in [2.75, 3.05) is 14.2 Å². The van der Waals surface area contributed by atoms with Crippen LogP contribution in [-0.4, -0.2) is 31.3 Å². The van der Waals surface area contributed by atoms with Gasteiger partial charge in [0.25, 0.3) is 0 Å². The summed E-state index contributed by atoms with van der Waals surface area (Å²) in [6, 6.07) is 12.1. The van der Waals surface area contributed by atoms with Crippen LogP contribution in [0.3, 0.4) is 0 Å². The lowest BCUT2D eigenvalue weighted by Crippen LogP contribution is -2.12. The summed E-state index contributed by atoms with van der Waals surface area (Å²) < 4.78 is 9.25. The summed E-state index contributed by atoms with van der Waals surface area (Å²) in [5.74, 6) is -1.85. The lowest BCUT2D eigenvalue weighted by molar-refractivity contribution is 0.0552. The number of carbonyl (C=O) groups is 2. The second-order valence-corrected chi connectivity index (χ2v) is 4.27. The molecule has 2 aromatic rings. The number of ether oxygens (including phenoxy) is 2. The molecule has 0 bridgehead atoms. The van der Waals surface area contributed by atoms with Crippen molar-refractivity contribution in [2.24, 2.45) is 0 Å². The van der Waals surface area contributed by atoms with Gasteiger partial charge in [-0.1, -0.05) is 30.3 Å². The summed E-state index contributed by atoms with van der Waals surface area (Å²) >= 11 is 0. The molecule has 0 unspecified atom stereocenters. The van der Waals surface area contributed by atoms with Crippen LogP contribution in [-0.2, 0) is 9.47 Å². The van der Waals surface area contributed by atoms with Crippen LogP contribution in [0.1, 0.15) is 20.7 Å². The van der Waals surface area contributed by atoms with Crippen LogP contribution in [0.4, 0.5) is 0 Å². The Labute approximate surface area is 121 Å². The summed E-state index contributed by atoms with van der Waals surface area (Å²) in [5, 5.41) is 10.1. The Bertz CT molecular complexity index is 677. The number of esters is 2. The van der Waals surface area contributed by atoms with Gasteiger partial charge in [-0.15, -0.1) is 0 Å². The highest BCUT2D eigenvalue weighted by atomic mass is 16.5. The van der Waals surface area contributed by atoms with Gasteiger partial charge in [0, 0.05) is 0 Å². The highest BCUT2D eigenvalue weighted by molar-refractivity contribution is 6.06. The fourth-order valence-corrected chi connectivity index (χ4v) is 2.01. The highest BCUT2D eigenvalue weighted by Gasteiger charge is 2.23. The third kappa shape index (κ3) is 2.86. The molecule has 0 aliphatic rings. The number of methoxy groups -OCH3 is 2. The van der Waals surface area contributed by atoms with E-state index in [0.717, 1.165) is 5.56 Å². The molecule has 2 aromatic carbocycles. The van der Waals surface area contributed by atoms with Crippen LogP contribution in [0.15, 0.2) is 42.5 Å². The molecule has 0 radical (unpaired) electrons. The highest BCUT2D eigenvalue weighted by Crippen LogP contribution is 2.30. The molecular weight excluding hydrogens is 272 g/mol. The Morgan fingerprint density at radius 1 is 0.905 bits per heavy atom. The number of carbonyl (C=O) groups excluding carboxylic acids is 2. The second-order valence-electron chi connectivity index (χ2n) is 4.27. The summed E-state index contributed by atoms with van der Waals surface area (Å²) in [6.45, 7) is 0. The van der Waals surface area contributed by atoms with Gasteiger partial charge in [0.2, 0.25) is 0 Å². The zero-order chi connectivity index (χ0) is 15.4. The van der Waals surface area contributed by atoms with Crippen molar-refractivity contribution >= 4 is 11.9 Å². The Kier molecular flexibility index (Phi) is 4.23. The van der Waals surface area contributed by atoms with Crippen molar-refractivity contribution < 1.29 is 24.2 Å². The van der Waals surface area contributed by atoms with Crippen LogP contribution >= 0.6 is 0 Å². The van der Waals surface area contributed by atoms with Gasteiger partial charge in [-0.2, -0.15) is 0 Å². The molecule has 108 valence electrons. The van der Waals surface area contributed by atoms with Crippen LogP contribution in [0, 0.1) is 0 Å². The number of hydrogen-bond acceptors (Lipinski definition) is 5.